The first-order valence-corrected chi connectivity index (χ1v) is 7.46. The van der Waals surface area contributed by atoms with Crippen LogP contribution < -0.4 is 5.73 Å². The van der Waals surface area contributed by atoms with Crippen LogP contribution in [0.2, 0.25) is 0 Å². The van der Waals surface area contributed by atoms with Crippen LogP contribution in [-0.2, 0) is 9.47 Å². The maximum absolute atomic E-state index is 6.48. The van der Waals surface area contributed by atoms with Crippen molar-refractivity contribution in [1.82, 2.24) is 4.90 Å². The molecule has 0 radical (unpaired) electrons. The van der Waals surface area contributed by atoms with Crippen LogP contribution in [0.3, 0.4) is 0 Å². The summed E-state index contributed by atoms with van der Waals surface area (Å²) < 4.78 is 11.2. The molecule has 0 aromatic heterocycles. The molecule has 2 fully saturated rings. The van der Waals surface area contributed by atoms with Gasteiger partial charge in [0.25, 0.3) is 0 Å². The van der Waals surface area contributed by atoms with Crippen molar-refractivity contribution in [3.05, 3.63) is 0 Å². The highest BCUT2D eigenvalue weighted by atomic mass is 16.5. The van der Waals surface area contributed by atoms with Crippen molar-refractivity contribution in [2.24, 2.45) is 5.73 Å². The van der Waals surface area contributed by atoms with Crippen LogP contribution in [0.5, 0.6) is 0 Å². The molecule has 2 N–H and O–H groups in total. The van der Waals surface area contributed by atoms with E-state index in [9.17, 15) is 0 Å². The number of hydrogen-bond donors (Lipinski definition) is 1. The Labute approximate surface area is 111 Å². The molecule has 1 saturated carbocycles. The van der Waals surface area contributed by atoms with Crippen LogP contribution in [0.4, 0.5) is 0 Å². The second-order valence-electron chi connectivity index (χ2n) is 5.59. The highest BCUT2D eigenvalue weighted by Crippen LogP contribution is 2.38. The molecular weight excluding hydrogens is 228 g/mol. The third kappa shape index (κ3) is 3.05. The second kappa shape index (κ2) is 6.85. The Morgan fingerprint density at radius 3 is 2.56 bits per heavy atom. The summed E-state index contributed by atoms with van der Waals surface area (Å²) in [7, 11) is 0. The van der Waals surface area contributed by atoms with Gasteiger partial charge in [0.05, 0.1) is 19.8 Å². The lowest BCUT2D eigenvalue weighted by atomic mass is 9.86. The predicted octanol–water partition coefficient (Wildman–Crippen LogP) is 1.39. The smallest absolute Gasteiger partial charge is 0.0635 e. The van der Waals surface area contributed by atoms with Crippen molar-refractivity contribution < 1.29 is 9.47 Å². The van der Waals surface area contributed by atoms with Crippen molar-refractivity contribution in [3.8, 4) is 0 Å². The topological polar surface area (TPSA) is 47.7 Å². The van der Waals surface area contributed by atoms with Gasteiger partial charge in [-0.2, -0.15) is 0 Å². The molecule has 2 aliphatic rings. The summed E-state index contributed by atoms with van der Waals surface area (Å²) in [5.41, 5.74) is 6.66. The first-order chi connectivity index (χ1) is 8.79. The molecule has 0 spiro atoms. The lowest BCUT2D eigenvalue weighted by molar-refractivity contribution is -0.0431. The average Bonchev–Trinajstić information content (AvgIpc) is 2.90. The number of hydrogen-bond acceptors (Lipinski definition) is 4. The standard InChI is InChI=1S/C14H28N2O2/c1-2-9-18-12-13(15)14(5-3-4-6-14)16-7-10-17-11-8-16/h13H,2-12,15H2,1H3. The van der Waals surface area contributed by atoms with Gasteiger partial charge in [-0.1, -0.05) is 19.8 Å². The maximum Gasteiger partial charge on any atom is 0.0635 e. The van der Waals surface area contributed by atoms with Crippen molar-refractivity contribution >= 4 is 0 Å². The first-order valence-electron chi connectivity index (χ1n) is 7.46. The van der Waals surface area contributed by atoms with Crippen molar-refractivity contribution in [2.75, 3.05) is 39.5 Å². The van der Waals surface area contributed by atoms with Gasteiger partial charge < -0.3 is 15.2 Å². The Bertz CT molecular complexity index is 236. The van der Waals surface area contributed by atoms with E-state index in [1.807, 2.05) is 0 Å². The summed E-state index contributed by atoms with van der Waals surface area (Å²) in [6, 6.07) is 0.143. The molecule has 18 heavy (non-hydrogen) atoms. The van der Waals surface area contributed by atoms with Crippen LogP contribution in [0.25, 0.3) is 0 Å². The highest BCUT2D eigenvalue weighted by Gasteiger charge is 2.44. The van der Waals surface area contributed by atoms with Crippen LogP contribution in [0.15, 0.2) is 0 Å². The Balaban J connectivity index is 1.96. The van der Waals surface area contributed by atoms with E-state index < -0.39 is 0 Å². The molecule has 0 aromatic rings. The number of rotatable bonds is 6. The number of ether oxygens (including phenoxy) is 2. The molecule has 1 aliphatic heterocycles. The van der Waals surface area contributed by atoms with E-state index in [-0.39, 0.29) is 11.6 Å². The Morgan fingerprint density at radius 1 is 1.28 bits per heavy atom. The molecule has 4 heteroatoms. The maximum atomic E-state index is 6.48. The van der Waals surface area contributed by atoms with Crippen molar-refractivity contribution in [3.63, 3.8) is 0 Å². The summed E-state index contributed by atoms with van der Waals surface area (Å²) in [4.78, 5) is 2.57. The monoisotopic (exact) mass is 256 g/mol. The fourth-order valence-corrected chi connectivity index (χ4v) is 3.43. The van der Waals surface area contributed by atoms with E-state index in [0.717, 1.165) is 39.3 Å². The molecule has 0 aromatic carbocycles. The fraction of sp³-hybridized carbons (Fsp3) is 1.00. The molecular formula is C14H28N2O2. The quantitative estimate of drug-likeness (QED) is 0.730. The van der Waals surface area contributed by atoms with Crippen LogP contribution in [0, 0.1) is 0 Å². The van der Waals surface area contributed by atoms with E-state index in [1.165, 1.54) is 25.7 Å². The van der Waals surface area contributed by atoms with E-state index in [2.05, 4.69) is 11.8 Å². The minimum atomic E-state index is 0.143. The number of nitrogens with two attached hydrogens (primary N) is 1. The molecule has 2 rings (SSSR count). The minimum Gasteiger partial charge on any atom is -0.380 e. The summed E-state index contributed by atoms with van der Waals surface area (Å²) >= 11 is 0. The predicted molar refractivity (Wildman–Crippen MR) is 72.7 cm³/mol. The highest BCUT2D eigenvalue weighted by molar-refractivity contribution is 5.02. The zero-order valence-corrected chi connectivity index (χ0v) is 11.7. The normalized spacial score (nSPS) is 26.3. The SMILES string of the molecule is CCCOCC(N)C1(N2CCOCC2)CCCC1. The average molecular weight is 256 g/mol. The third-order valence-electron chi connectivity index (χ3n) is 4.45. The minimum absolute atomic E-state index is 0.143. The van der Waals surface area contributed by atoms with E-state index in [4.69, 9.17) is 15.2 Å². The Kier molecular flexibility index (Phi) is 5.42. The van der Waals surface area contributed by atoms with Gasteiger partial charge >= 0.3 is 0 Å². The van der Waals surface area contributed by atoms with Gasteiger partial charge in [0.2, 0.25) is 0 Å². The van der Waals surface area contributed by atoms with E-state index in [1.54, 1.807) is 0 Å². The van der Waals surface area contributed by atoms with Crippen LogP contribution in [-0.4, -0.2) is 56.0 Å². The number of nitrogens with zero attached hydrogens (tertiary/aromatic N) is 1. The molecule has 1 saturated heterocycles. The number of morpholine rings is 1. The van der Waals surface area contributed by atoms with Gasteiger partial charge in [0.1, 0.15) is 0 Å². The zero-order chi connectivity index (χ0) is 12.8. The van der Waals surface area contributed by atoms with Gasteiger partial charge in [0, 0.05) is 31.3 Å². The third-order valence-corrected chi connectivity index (χ3v) is 4.45. The van der Waals surface area contributed by atoms with Gasteiger partial charge in [-0.15, -0.1) is 0 Å². The molecule has 1 unspecified atom stereocenters. The van der Waals surface area contributed by atoms with Gasteiger partial charge in [0.15, 0.2) is 0 Å². The largest absolute Gasteiger partial charge is 0.380 e. The van der Waals surface area contributed by atoms with Crippen LogP contribution in [0.1, 0.15) is 39.0 Å². The van der Waals surface area contributed by atoms with Gasteiger partial charge in [-0.05, 0) is 19.3 Å². The molecule has 1 heterocycles. The molecule has 4 nitrogen and oxygen atoms in total. The zero-order valence-electron chi connectivity index (χ0n) is 11.7. The summed E-state index contributed by atoms with van der Waals surface area (Å²) in [6.45, 7) is 7.43. The molecule has 1 aliphatic carbocycles. The first kappa shape index (κ1) is 14.3. The molecule has 1 atom stereocenters. The summed E-state index contributed by atoms with van der Waals surface area (Å²) in [5.74, 6) is 0. The summed E-state index contributed by atoms with van der Waals surface area (Å²) in [6.07, 6.45) is 6.13. The van der Waals surface area contributed by atoms with E-state index >= 15 is 0 Å². The lowest BCUT2D eigenvalue weighted by Crippen LogP contribution is -2.62. The van der Waals surface area contributed by atoms with E-state index in [0.29, 0.717) is 6.61 Å². The van der Waals surface area contributed by atoms with Crippen LogP contribution >= 0.6 is 0 Å². The molecule has 106 valence electrons. The fourth-order valence-electron chi connectivity index (χ4n) is 3.43. The Hall–Kier alpha value is -0.160. The van der Waals surface area contributed by atoms with Crippen molar-refractivity contribution in [2.45, 2.75) is 50.6 Å². The summed E-state index contributed by atoms with van der Waals surface area (Å²) in [5, 5.41) is 0. The Morgan fingerprint density at radius 2 is 1.94 bits per heavy atom. The van der Waals surface area contributed by atoms with Gasteiger partial charge in [-0.3, -0.25) is 4.90 Å². The van der Waals surface area contributed by atoms with Gasteiger partial charge in [-0.25, -0.2) is 0 Å². The second-order valence-corrected chi connectivity index (χ2v) is 5.59. The molecule has 0 bridgehead atoms. The lowest BCUT2D eigenvalue weighted by Gasteiger charge is -2.47. The molecule has 0 amide bonds. The van der Waals surface area contributed by atoms with Crippen molar-refractivity contribution in [1.29, 1.82) is 0 Å².